The smallest absolute Gasteiger partial charge is 0.335 e. The summed E-state index contributed by atoms with van der Waals surface area (Å²) in [5.74, 6) is -0.512. The Morgan fingerprint density at radius 2 is 2.09 bits per heavy atom. The van der Waals surface area contributed by atoms with Gasteiger partial charge >= 0.3 is 5.97 Å². The van der Waals surface area contributed by atoms with Gasteiger partial charge in [-0.1, -0.05) is 25.4 Å². The molecule has 1 aromatic heterocycles. The Bertz CT molecular complexity index is 720. The van der Waals surface area contributed by atoms with Crippen LogP contribution in [0.1, 0.15) is 35.5 Å². The van der Waals surface area contributed by atoms with Gasteiger partial charge in [0, 0.05) is 6.54 Å². The average Bonchev–Trinajstić information content (AvgIpc) is 2.74. The Morgan fingerprint density at radius 3 is 2.65 bits per heavy atom. The summed E-state index contributed by atoms with van der Waals surface area (Å²) in [5.41, 5.74) is 5.34. The third kappa shape index (κ3) is 4.32. The molecule has 0 saturated carbocycles. The summed E-state index contributed by atoms with van der Waals surface area (Å²) >= 11 is 6.33. The number of carboxylic acids is 1. The molecule has 0 fully saturated rings. The van der Waals surface area contributed by atoms with E-state index in [0.717, 1.165) is 17.8 Å². The molecule has 0 saturated heterocycles. The van der Waals surface area contributed by atoms with Crippen molar-refractivity contribution in [2.24, 2.45) is 11.0 Å². The summed E-state index contributed by atoms with van der Waals surface area (Å²) in [6, 6.07) is 6.33. The fraction of sp³-hybridized carbons (Fsp3) is 0.312. The van der Waals surface area contributed by atoms with Crippen LogP contribution in [-0.4, -0.2) is 27.1 Å². The average molecular weight is 335 g/mol. The van der Waals surface area contributed by atoms with E-state index in [4.69, 9.17) is 16.7 Å². The highest BCUT2D eigenvalue weighted by molar-refractivity contribution is 6.32. The zero-order chi connectivity index (χ0) is 17.0. The van der Waals surface area contributed by atoms with E-state index in [1.165, 1.54) is 12.1 Å². The number of nitrogens with zero attached hydrogens (tertiary/aromatic N) is 3. The summed E-state index contributed by atoms with van der Waals surface area (Å²) in [6.45, 7) is 6.83. The molecular formula is C16H19ClN4O2. The fourth-order valence-corrected chi connectivity index (χ4v) is 2.33. The van der Waals surface area contributed by atoms with Gasteiger partial charge in [0.25, 0.3) is 0 Å². The molecule has 1 aromatic carbocycles. The molecule has 0 aliphatic rings. The molecule has 2 N–H and O–H groups in total. The van der Waals surface area contributed by atoms with E-state index in [1.807, 2.05) is 6.92 Å². The quantitative estimate of drug-likeness (QED) is 0.624. The summed E-state index contributed by atoms with van der Waals surface area (Å²) in [5, 5.41) is 18.0. The Labute approximate surface area is 139 Å². The number of carboxylic acid groups (broad SMARTS) is 1. The van der Waals surface area contributed by atoms with Crippen molar-refractivity contribution < 1.29 is 9.90 Å². The van der Waals surface area contributed by atoms with Gasteiger partial charge in [0.05, 0.1) is 28.7 Å². The number of halogens is 1. The monoisotopic (exact) mass is 334 g/mol. The number of hydrogen-bond acceptors (Lipinski definition) is 4. The van der Waals surface area contributed by atoms with Crippen LogP contribution in [-0.2, 0) is 6.54 Å². The Kier molecular flexibility index (Phi) is 5.39. The van der Waals surface area contributed by atoms with Gasteiger partial charge in [-0.2, -0.15) is 10.2 Å². The maximum Gasteiger partial charge on any atom is 0.335 e. The van der Waals surface area contributed by atoms with Crippen molar-refractivity contribution in [3.05, 3.63) is 46.2 Å². The molecule has 23 heavy (non-hydrogen) atoms. The predicted octanol–water partition coefficient (Wildman–Crippen LogP) is 3.65. The highest BCUT2D eigenvalue weighted by Crippen LogP contribution is 2.19. The van der Waals surface area contributed by atoms with E-state index in [-0.39, 0.29) is 5.56 Å². The summed E-state index contributed by atoms with van der Waals surface area (Å²) in [6.07, 6.45) is 1.62. The molecule has 0 unspecified atom stereocenters. The lowest BCUT2D eigenvalue weighted by atomic mass is 10.2. The Hall–Kier alpha value is -2.34. The molecule has 122 valence electrons. The highest BCUT2D eigenvalue weighted by atomic mass is 35.5. The third-order valence-corrected chi connectivity index (χ3v) is 3.57. The number of hydrogen-bond donors (Lipinski definition) is 2. The second kappa shape index (κ2) is 7.28. The minimum Gasteiger partial charge on any atom is -0.478 e. The van der Waals surface area contributed by atoms with Crippen LogP contribution in [0.2, 0.25) is 5.15 Å². The number of rotatable bonds is 6. The van der Waals surface area contributed by atoms with Crippen LogP contribution in [0.25, 0.3) is 0 Å². The molecule has 2 rings (SSSR count). The first-order chi connectivity index (χ1) is 10.9. The first kappa shape index (κ1) is 17.0. The van der Waals surface area contributed by atoms with Crippen molar-refractivity contribution in [1.82, 2.24) is 9.78 Å². The van der Waals surface area contributed by atoms with Gasteiger partial charge in [-0.25, -0.2) is 4.79 Å². The van der Waals surface area contributed by atoms with Gasteiger partial charge in [0.2, 0.25) is 0 Å². The molecule has 1 heterocycles. The zero-order valence-corrected chi connectivity index (χ0v) is 14.0. The van der Waals surface area contributed by atoms with E-state index in [0.29, 0.717) is 16.8 Å². The highest BCUT2D eigenvalue weighted by Gasteiger charge is 2.12. The standard InChI is InChI=1S/C16H19ClN4O2/c1-10(2)9-21-15(17)14(11(3)20-21)8-18-19-13-6-4-12(5-7-13)16(22)23/h4-8,10,19H,9H2,1-3H3,(H,22,23)/b18-8-. The molecule has 0 bridgehead atoms. The molecule has 0 radical (unpaired) electrons. The molecular weight excluding hydrogens is 316 g/mol. The van der Waals surface area contributed by atoms with E-state index in [1.54, 1.807) is 23.0 Å². The van der Waals surface area contributed by atoms with Crippen LogP contribution in [0.15, 0.2) is 29.4 Å². The number of hydrazone groups is 1. The summed E-state index contributed by atoms with van der Waals surface area (Å²) in [7, 11) is 0. The van der Waals surface area contributed by atoms with E-state index in [2.05, 4.69) is 29.5 Å². The zero-order valence-electron chi connectivity index (χ0n) is 13.2. The topological polar surface area (TPSA) is 79.5 Å². The lowest BCUT2D eigenvalue weighted by molar-refractivity contribution is 0.0697. The van der Waals surface area contributed by atoms with Crippen molar-refractivity contribution >= 4 is 29.5 Å². The first-order valence-electron chi connectivity index (χ1n) is 7.23. The van der Waals surface area contributed by atoms with Crippen molar-refractivity contribution in [2.75, 3.05) is 5.43 Å². The lowest BCUT2D eigenvalue weighted by Crippen LogP contribution is -2.06. The number of benzene rings is 1. The number of aromatic carboxylic acids is 1. The van der Waals surface area contributed by atoms with Crippen LogP contribution < -0.4 is 5.43 Å². The van der Waals surface area contributed by atoms with E-state index >= 15 is 0 Å². The minimum atomic E-state index is -0.958. The van der Waals surface area contributed by atoms with Gasteiger partial charge < -0.3 is 5.11 Å². The van der Waals surface area contributed by atoms with Crippen LogP contribution in [0.5, 0.6) is 0 Å². The second-order valence-electron chi connectivity index (χ2n) is 5.62. The summed E-state index contributed by atoms with van der Waals surface area (Å²) < 4.78 is 1.77. The molecule has 0 aliphatic heterocycles. The molecule has 6 nitrogen and oxygen atoms in total. The number of aryl methyl sites for hydroxylation is 1. The van der Waals surface area contributed by atoms with Gasteiger partial charge in [0.15, 0.2) is 0 Å². The predicted molar refractivity (Wildman–Crippen MR) is 91.4 cm³/mol. The van der Waals surface area contributed by atoms with Crippen LogP contribution in [0.3, 0.4) is 0 Å². The van der Waals surface area contributed by atoms with Crippen molar-refractivity contribution in [1.29, 1.82) is 0 Å². The number of nitrogens with one attached hydrogen (secondary N) is 1. The van der Waals surface area contributed by atoms with Gasteiger partial charge in [-0.15, -0.1) is 0 Å². The fourth-order valence-electron chi connectivity index (χ4n) is 2.04. The van der Waals surface area contributed by atoms with Gasteiger partial charge in [0.1, 0.15) is 5.15 Å². The molecule has 2 aromatic rings. The second-order valence-corrected chi connectivity index (χ2v) is 5.98. The van der Waals surface area contributed by atoms with Gasteiger partial charge in [-0.05, 0) is 37.1 Å². The minimum absolute atomic E-state index is 0.230. The van der Waals surface area contributed by atoms with E-state index < -0.39 is 5.97 Å². The number of anilines is 1. The first-order valence-corrected chi connectivity index (χ1v) is 7.61. The van der Waals surface area contributed by atoms with E-state index in [9.17, 15) is 4.79 Å². The maximum absolute atomic E-state index is 10.8. The van der Waals surface area contributed by atoms with Crippen LogP contribution in [0, 0.1) is 12.8 Å². The van der Waals surface area contributed by atoms with Crippen molar-refractivity contribution in [3.63, 3.8) is 0 Å². The maximum atomic E-state index is 10.8. The van der Waals surface area contributed by atoms with Crippen LogP contribution in [0.4, 0.5) is 5.69 Å². The molecule has 7 heteroatoms. The lowest BCUT2D eigenvalue weighted by Gasteiger charge is -2.05. The van der Waals surface area contributed by atoms with Gasteiger partial charge in [-0.3, -0.25) is 10.1 Å². The SMILES string of the molecule is Cc1nn(CC(C)C)c(Cl)c1/C=N\Nc1ccc(C(=O)O)cc1. The number of aromatic nitrogens is 2. The summed E-state index contributed by atoms with van der Waals surface area (Å²) in [4.78, 5) is 10.8. The van der Waals surface area contributed by atoms with Crippen molar-refractivity contribution in [2.45, 2.75) is 27.3 Å². The van der Waals surface area contributed by atoms with Crippen LogP contribution >= 0.6 is 11.6 Å². The normalized spacial score (nSPS) is 11.3. The molecule has 0 aliphatic carbocycles. The molecule has 0 spiro atoms. The third-order valence-electron chi connectivity index (χ3n) is 3.17. The Morgan fingerprint density at radius 1 is 1.43 bits per heavy atom. The molecule has 0 atom stereocenters. The Balaban J connectivity index is 2.08. The number of carbonyl (C=O) groups is 1. The van der Waals surface area contributed by atoms with Crippen molar-refractivity contribution in [3.8, 4) is 0 Å². The molecule has 0 amide bonds. The largest absolute Gasteiger partial charge is 0.478 e.